The molecule has 9 heteroatoms. The summed E-state index contributed by atoms with van der Waals surface area (Å²) in [6.45, 7) is 7.48. The van der Waals surface area contributed by atoms with Crippen LogP contribution in [0.4, 0.5) is 4.39 Å². The van der Waals surface area contributed by atoms with Crippen LogP contribution in [0.1, 0.15) is 13.8 Å². The Balaban J connectivity index is 1.58. The fourth-order valence-electron chi connectivity index (χ4n) is 3.38. The van der Waals surface area contributed by atoms with Crippen LogP contribution in [-0.2, 0) is 19.6 Å². The Morgan fingerprint density at radius 1 is 1.11 bits per heavy atom. The van der Waals surface area contributed by atoms with Crippen LogP contribution in [0, 0.1) is 5.82 Å². The second-order valence-corrected chi connectivity index (χ2v) is 9.46. The van der Waals surface area contributed by atoms with Gasteiger partial charge in [-0.25, -0.2) is 12.8 Å². The van der Waals surface area contributed by atoms with Gasteiger partial charge in [0.2, 0.25) is 15.9 Å². The topological polar surface area (TPSA) is 70.2 Å². The second-order valence-electron chi connectivity index (χ2n) is 7.53. The predicted octanol–water partition coefficient (Wildman–Crippen LogP) is 0.769. The molecule has 1 aromatic rings. The molecule has 2 heterocycles. The van der Waals surface area contributed by atoms with Crippen molar-refractivity contribution in [2.45, 2.75) is 24.3 Å². The van der Waals surface area contributed by atoms with Gasteiger partial charge in [-0.05, 0) is 38.1 Å². The Labute approximate surface area is 159 Å². The Morgan fingerprint density at radius 2 is 1.74 bits per heavy atom. The van der Waals surface area contributed by atoms with Crippen LogP contribution in [-0.4, -0.2) is 86.5 Å². The van der Waals surface area contributed by atoms with E-state index in [0.29, 0.717) is 39.4 Å². The summed E-state index contributed by atoms with van der Waals surface area (Å²) in [5.74, 6) is -0.473. The molecular formula is C18H26FN3O4S. The Morgan fingerprint density at radius 3 is 2.33 bits per heavy atom. The highest BCUT2D eigenvalue weighted by Crippen LogP contribution is 2.20. The monoisotopic (exact) mass is 399 g/mol. The first-order valence-corrected chi connectivity index (χ1v) is 10.5. The largest absolute Gasteiger partial charge is 0.378 e. The van der Waals surface area contributed by atoms with E-state index >= 15 is 0 Å². The number of hydrogen-bond acceptors (Lipinski definition) is 5. The van der Waals surface area contributed by atoms with Gasteiger partial charge in [0, 0.05) is 38.3 Å². The highest BCUT2D eigenvalue weighted by molar-refractivity contribution is 7.89. The number of sulfonamides is 1. The van der Waals surface area contributed by atoms with E-state index in [2.05, 4.69) is 4.90 Å². The molecule has 7 nitrogen and oxygen atoms in total. The number of hydrogen-bond donors (Lipinski definition) is 0. The lowest BCUT2D eigenvalue weighted by Crippen LogP contribution is -2.58. The summed E-state index contributed by atoms with van der Waals surface area (Å²) >= 11 is 0. The third-order valence-corrected chi connectivity index (χ3v) is 7.10. The van der Waals surface area contributed by atoms with Gasteiger partial charge in [0.15, 0.2) is 0 Å². The summed E-state index contributed by atoms with van der Waals surface area (Å²) in [6.07, 6.45) is 0. The SMILES string of the molecule is CC1(C)COCCN1CC(=O)N1CCN(S(=O)(=O)c2ccc(F)cc2)CC1. The number of carbonyl (C=O) groups excluding carboxylic acids is 1. The molecule has 0 aliphatic carbocycles. The third kappa shape index (κ3) is 4.48. The first-order chi connectivity index (χ1) is 12.7. The van der Waals surface area contributed by atoms with Crippen molar-refractivity contribution in [2.75, 3.05) is 52.5 Å². The molecule has 0 spiro atoms. The number of rotatable bonds is 4. The number of halogens is 1. The highest BCUT2D eigenvalue weighted by atomic mass is 32.2. The van der Waals surface area contributed by atoms with Crippen LogP contribution in [0.3, 0.4) is 0 Å². The standard InChI is InChI=1S/C18H26FN3O4S/c1-18(2)14-26-12-11-21(18)13-17(23)20-7-9-22(10-8-20)27(24,25)16-5-3-15(19)4-6-16/h3-6H,7-14H2,1-2H3. The maximum Gasteiger partial charge on any atom is 0.243 e. The molecule has 2 aliphatic heterocycles. The van der Waals surface area contributed by atoms with Crippen molar-refractivity contribution in [3.63, 3.8) is 0 Å². The summed E-state index contributed by atoms with van der Waals surface area (Å²) in [5.41, 5.74) is -0.193. The predicted molar refractivity (Wildman–Crippen MR) is 98.2 cm³/mol. The van der Waals surface area contributed by atoms with Crippen molar-refractivity contribution >= 4 is 15.9 Å². The Hall–Kier alpha value is -1.55. The number of ether oxygens (including phenoxy) is 1. The van der Waals surface area contributed by atoms with E-state index in [1.807, 2.05) is 13.8 Å². The van der Waals surface area contributed by atoms with Gasteiger partial charge in [0.05, 0.1) is 24.7 Å². The molecule has 1 aromatic carbocycles. The first-order valence-electron chi connectivity index (χ1n) is 9.06. The normalized spacial score (nSPS) is 22.0. The lowest BCUT2D eigenvalue weighted by molar-refractivity contribution is -0.138. The quantitative estimate of drug-likeness (QED) is 0.748. The van der Waals surface area contributed by atoms with Gasteiger partial charge >= 0.3 is 0 Å². The molecule has 0 radical (unpaired) electrons. The van der Waals surface area contributed by atoms with E-state index in [1.54, 1.807) is 4.90 Å². The molecule has 0 aromatic heterocycles. The van der Waals surface area contributed by atoms with Gasteiger partial charge in [-0.3, -0.25) is 9.69 Å². The molecule has 27 heavy (non-hydrogen) atoms. The van der Waals surface area contributed by atoms with Gasteiger partial charge in [0.25, 0.3) is 0 Å². The lowest BCUT2D eigenvalue weighted by atomic mass is 10.0. The summed E-state index contributed by atoms with van der Waals surface area (Å²) in [4.78, 5) is 16.5. The summed E-state index contributed by atoms with van der Waals surface area (Å²) in [7, 11) is -3.67. The molecule has 3 rings (SSSR count). The minimum atomic E-state index is -3.67. The van der Waals surface area contributed by atoms with Gasteiger partial charge in [0.1, 0.15) is 5.82 Å². The number of benzene rings is 1. The Bertz CT molecular complexity index is 774. The van der Waals surface area contributed by atoms with Crippen molar-refractivity contribution in [1.29, 1.82) is 0 Å². The fourth-order valence-corrected chi connectivity index (χ4v) is 4.80. The molecule has 1 amide bonds. The molecule has 0 unspecified atom stereocenters. The minimum absolute atomic E-state index is 0.00352. The number of nitrogens with zero attached hydrogens (tertiary/aromatic N) is 3. The van der Waals surface area contributed by atoms with E-state index in [1.165, 1.54) is 16.4 Å². The maximum absolute atomic E-state index is 13.0. The van der Waals surface area contributed by atoms with Crippen LogP contribution >= 0.6 is 0 Å². The Kier molecular flexibility index (Phi) is 5.85. The number of carbonyl (C=O) groups is 1. The molecule has 0 N–H and O–H groups in total. The van der Waals surface area contributed by atoms with Crippen LogP contribution in [0.2, 0.25) is 0 Å². The van der Waals surface area contributed by atoms with Gasteiger partial charge < -0.3 is 9.64 Å². The molecule has 0 saturated carbocycles. The van der Waals surface area contributed by atoms with Crippen LogP contribution in [0.25, 0.3) is 0 Å². The van der Waals surface area contributed by atoms with E-state index in [9.17, 15) is 17.6 Å². The van der Waals surface area contributed by atoms with Crippen molar-refractivity contribution in [3.05, 3.63) is 30.1 Å². The average molecular weight is 399 g/mol. The second kappa shape index (κ2) is 7.83. The van der Waals surface area contributed by atoms with Crippen molar-refractivity contribution in [3.8, 4) is 0 Å². The zero-order valence-electron chi connectivity index (χ0n) is 15.7. The molecular weight excluding hydrogens is 373 g/mol. The molecule has 2 fully saturated rings. The van der Waals surface area contributed by atoms with Crippen LogP contribution in [0.5, 0.6) is 0 Å². The minimum Gasteiger partial charge on any atom is -0.378 e. The zero-order valence-corrected chi connectivity index (χ0v) is 16.5. The molecule has 0 bridgehead atoms. The smallest absolute Gasteiger partial charge is 0.243 e. The van der Waals surface area contributed by atoms with E-state index < -0.39 is 15.8 Å². The van der Waals surface area contributed by atoms with Crippen molar-refractivity contribution in [2.24, 2.45) is 0 Å². The van der Waals surface area contributed by atoms with E-state index in [4.69, 9.17) is 4.74 Å². The van der Waals surface area contributed by atoms with E-state index in [-0.39, 0.29) is 29.4 Å². The maximum atomic E-state index is 13.0. The summed E-state index contributed by atoms with van der Waals surface area (Å²) in [5, 5.41) is 0. The summed E-state index contributed by atoms with van der Waals surface area (Å²) in [6, 6.07) is 4.80. The molecule has 2 saturated heterocycles. The van der Waals surface area contributed by atoms with Crippen LogP contribution < -0.4 is 0 Å². The highest BCUT2D eigenvalue weighted by Gasteiger charge is 2.34. The number of amides is 1. The first kappa shape index (κ1) is 20.2. The van der Waals surface area contributed by atoms with Crippen molar-refractivity contribution < 1.29 is 22.3 Å². The molecule has 0 atom stereocenters. The number of piperazine rings is 1. The number of morpholine rings is 1. The summed E-state index contributed by atoms with van der Waals surface area (Å²) < 4.78 is 45.2. The van der Waals surface area contributed by atoms with Crippen LogP contribution in [0.15, 0.2) is 29.2 Å². The van der Waals surface area contributed by atoms with Gasteiger partial charge in [-0.2, -0.15) is 4.31 Å². The molecule has 2 aliphatic rings. The zero-order chi connectivity index (χ0) is 19.7. The average Bonchev–Trinajstić information content (AvgIpc) is 2.64. The van der Waals surface area contributed by atoms with Crippen molar-refractivity contribution in [1.82, 2.24) is 14.1 Å². The van der Waals surface area contributed by atoms with Gasteiger partial charge in [-0.1, -0.05) is 0 Å². The third-order valence-electron chi connectivity index (χ3n) is 5.19. The lowest BCUT2D eigenvalue weighted by Gasteiger charge is -2.43. The molecule has 150 valence electrons. The fraction of sp³-hybridized carbons (Fsp3) is 0.611. The van der Waals surface area contributed by atoms with Gasteiger partial charge in [-0.15, -0.1) is 0 Å². The van der Waals surface area contributed by atoms with E-state index in [0.717, 1.165) is 12.1 Å².